The minimum Gasteiger partial charge on any atom is -0.508 e. The van der Waals surface area contributed by atoms with Crippen molar-refractivity contribution < 1.29 is 14.6 Å². The Labute approximate surface area is 157 Å². The van der Waals surface area contributed by atoms with Crippen LogP contribution in [0.2, 0.25) is 0 Å². The molecule has 0 saturated heterocycles. The van der Waals surface area contributed by atoms with Gasteiger partial charge < -0.3 is 9.84 Å². The zero-order valence-electron chi connectivity index (χ0n) is 14.9. The number of phenols is 1. The second kappa shape index (κ2) is 8.67. The highest BCUT2D eigenvalue weighted by molar-refractivity contribution is 5.94. The highest BCUT2D eigenvalue weighted by atomic mass is 16.5. The molecule has 0 saturated carbocycles. The topological polar surface area (TPSA) is 70.9 Å². The van der Waals surface area contributed by atoms with Gasteiger partial charge in [0, 0.05) is 5.56 Å². The number of ether oxygens (including phenoxy) is 1. The van der Waals surface area contributed by atoms with E-state index < -0.39 is 0 Å². The van der Waals surface area contributed by atoms with E-state index in [4.69, 9.17) is 4.74 Å². The SMILES string of the molecule is Cc1ccccc1COc1ccc(/C=N/NC(=O)c2ccc(O)cc2)cc1. The Hall–Kier alpha value is -3.60. The lowest BCUT2D eigenvalue weighted by Gasteiger charge is -2.08. The quantitative estimate of drug-likeness (QED) is 0.515. The predicted molar refractivity (Wildman–Crippen MR) is 105 cm³/mol. The molecule has 1 amide bonds. The number of nitrogens with one attached hydrogen (secondary N) is 1. The van der Waals surface area contributed by atoms with E-state index in [2.05, 4.69) is 23.5 Å². The molecule has 0 bridgehead atoms. The fourth-order valence-electron chi connectivity index (χ4n) is 2.43. The molecule has 5 heteroatoms. The molecule has 0 heterocycles. The number of hydrogen-bond acceptors (Lipinski definition) is 4. The van der Waals surface area contributed by atoms with E-state index in [1.807, 2.05) is 42.5 Å². The van der Waals surface area contributed by atoms with E-state index >= 15 is 0 Å². The lowest BCUT2D eigenvalue weighted by Crippen LogP contribution is -2.17. The number of nitrogens with zero attached hydrogens (tertiary/aromatic N) is 1. The lowest BCUT2D eigenvalue weighted by atomic mass is 10.1. The normalized spacial score (nSPS) is 10.7. The third-order valence-corrected chi connectivity index (χ3v) is 4.04. The van der Waals surface area contributed by atoms with Gasteiger partial charge in [-0.25, -0.2) is 5.43 Å². The van der Waals surface area contributed by atoms with Crippen molar-refractivity contribution in [1.82, 2.24) is 5.43 Å². The molecule has 0 aliphatic heterocycles. The maximum absolute atomic E-state index is 11.9. The Morgan fingerprint density at radius 3 is 2.44 bits per heavy atom. The summed E-state index contributed by atoms with van der Waals surface area (Å²) in [7, 11) is 0. The number of aromatic hydroxyl groups is 1. The van der Waals surface area contributed by atoms with Gasteiger partial charge in [0.1, 0.15) is 18.1 Å². The molecule has 0 aromatic heterocycles. The molecule has 0 aliphatic carbocycles. The van der Waals surface area contributed by atoms with Gasteiger partial charge in [-0.15, -0.1) is 0 Å². The molecule has 0 fully saturated rings. The summed E-state index contributed by atoms with van der Waals surface area (Å²) in [6, 6.07) is 21.5. The van der Waals surface area contributed by atoms with Crippen molar-refractivity contribution in [2.75, 3.05) is 0 Å². The Bertz CT molecular complexity index is 933. The van der Waals surface area contributed by atoms with Crippen molar-refractivity contribution in [2.45, 2.75) is 13.5 Å². The molecule has 0 atom stereocenters. The van der Waals surface area contributed by atoms with Crippen LogP contribution in [-0.4, -0.2) is 17.2 Å². The summed E-state index contributed by atoms with van der Waals surface area (Å²) in [6.45, 7) is 2.58. The van der Waals surface area contributed by atoms with Gasteiger partial charge in [-0.1, -0.05) is 24.3 Å². The number of benzene rings is 3. The predicted octanol–water partition coefficient (Wildman–Crippen LogP) is 4.04. The first-order valence-electron chi connectivity index (χ1n) is 8.51. The van der Waals surface area contributed by atoms with Gasteiger partial charge in [-0.2, -0.15) is 5.10 Å². The number of rotatable bonds is 6. The molecular formula is C22H20N2O3. The summed E-state index contributed by atoms with van der Waals surface area (Å²) in [5, 5.41) is 13.2. The second-order valence-electron chi connectivity index (χ2n) is 6.03. The molecule has 0 radical (unpaired) electrons. The fraction of sp³-hybridized carbons (Fsp3) is 0.0909. The van der Waals surface area contributed by atoms with Crippen molar-refractivity contribution in [3.63, 3.8) is 0 Å². The maximum atomic E-state index is 11.9. The van der Waals surface area contributed by atoms with Crippen LogP contribution in [0.1, 0.15) is 27.0 Å². The number of hydrogen-bond donors (Lipinski definition) is 2. The number of hydrazone groups is 1. The van der Waals surface area contributed by atoms with E-state index in [0.717, 1.165) is 16.9 Å². The van der Waals surface area contributed by atoms with Crippen molar-refractivity contribution in [2.24, 2.45) is 5.10 Å². The molecule has 2 N–H and O–H groups in total. The summed E-state index contributed by atoms with van der Waals surface area (Å²) < 4.78 is 5.80. The standard InChI is InChI=1S/C22H20N2O3/c1-16-4-2-3-5-19(16)15-27-21-12-6-17(7-13-21)14-23-24-22(26)18-8-10-20(25)11-9-18/h2-14,25H,15H2,1H3,(H,24,26)/b23-14+. The zero-order valence-corrected chi connectivity index (χ0v) is 14.9. The Kier molecular flexibility index (Phi) is 5.84. The third kappa shape index (κ3) is 5.19. The van der Waals surface area contributed by atoms with E-state index in [0.29, 0.717) is 12.2 Å². The summed E-state index contributed by atoms with van der Waals surface area (Å²) in [5.74, 6) is 0.535. The van der Waals surface area contributed by atoms with Gasteiger partial charge in [0.15, 0.2) is 0 Å². The molecule has 3 aromatic rings. The monoisotopic (exact) mass is 360 g/mol. The van der Waals surface area contributed by atoms with Crippen LogP contribution in [0.3, 0.4) is 0 Å². The number of amides is 1. The molecule has 0 unspecified atom stereocenters. The number of aryl methyl sites for hydroxylation is 1. The lowest BCUT2D eigenvalue weighted by molar-refractivity contribution is 0.0955. The van der Waals surface area contributed by atoms with Crippen molar-refractivity contribution >= 4 is 12.1 Å². The van der Waals surface area contributed by atoms with E-state index in [9.17, 15) is 9.90 Å². The summed E-state index contributed by atoms with van der Waals surface area (Å²) in [5.41, 5.74) is 6.06. The van der Waals surface area contributed by atoms with E-state index in [1.165, 1.54) is 29.8 Å². The summed E-state index contributed by atoms with van der Waals surface area (Å²) in [6.07, 6.45) is 1.56. The van der Waals surface area contributed by atoms with Crippen LogP contribution < -0.4 is 10.2 Å². The van der Waals surface area contributed by atoms with Crippen LogP contribution in [0.25, 0.3) is 0 Å². The molecule has 136 valence electrons. The Balaban J connectivity index is 1.52. The molecule has 3 aromatic carbocycles. The van der Waals surface area contributed by atoms with Crippen molar-refractivity contribution in [1.29, 1.82) is 0 Å². The van der Waals surface area contributed by atoms with Gasteiger partial charge in [0.05, 0.1) is 6.21 Å². The average molecular weight is 360 g/mol. The number of carbonyl (C=O) groups is 1. The van der Waals surface area contributed by atoms with Gasteiger partial charge in [-0.05, 0) is 72.1 Å². The summed E-state index contributed by atoms with van der Waals surface area (Å²) in [4.78, 5) is 11.9. The van der Waals surface area contributed by atoms with E-state index in [1.54, 1.807) is 6.21 Å². The number of carbonyl (C=O) groups excluding carboxylic acids is 1. The molecular weight excluding hydrogens is 340 g/mol. The van der Waals surface area contributed by atoms with Gasteiger partial charge >= 0.3 is 0 Å². The van der Waals surface area contributed by atoms with Crippen LogP contribution in [-0.2, 0) is 6.61 Å². The molecule has 0 aliphatic rings. The Morgan fingerprint density at radius 2 is 1.74 bits per heavy atom. The molecule has 5 nitrogen and oxygen atoms in total. The highest BCUT2D eigenvalue weighted by Crippen LogP contribution is 2.15. The van der Waals surface area contributed by atoms with Crippen LogP contribution in [0.4, 0.5) is 0 Å². The first-order chi connectivity index (χ1) is 13.1. The third-order valence-electron chi connectivity index (χ3n) is 4.04. The van der Waals surface area contributed by atoms with Gasteiger partial charge in [0.25, 0.3) is 5.91 Å². The van der Waals surface area contributed by atoms with Crippen LogP contribution in [0.5, 0.6) is 11.5 Å². The maximum Gasteiger partial charge on any atom is 0.271 e. The van der Waals surface area contributed by atoms with Crippen LogP contribution in [0.15, 0.2) is 77.9 Å². The number of phenolic OH excluding ortho intramolecular Hbond substituents is 1. The van der Waals surface area contributed by atoms with Crippen LogP contribution >= 0.6 is 0 Å². The molecule has 27 heavy (non-hydrogen) atoms. The average Bonchev–Trinajstić information content (AvgIpc) is 2.69. The largest absolute Gasteiger partial charge is 0.508 e. The first kappa shape index (κ1) is 18.2. The van der Waals surface area contributed by atoms with Gasteiger partial charge in [0.2, 0.25) is 0 Å². The zero-order chi connectivity index (χ0) is 19.1. The fourth-order valence-corrected chi connectivity index (χ4v) is 2.43. The minimum atomic E-state index is -0.343. The minimum absolute atomic E-state index is 0.111. The van der Waals surface area contributed by atoms with E-state index in [-0.39, 0.29) is 11.7 Å². The smallest absolute Gasteiger partial charge is 0.271 e. The Morgan fingerprint density at radius 1 is 1.04 bits per heavy atom. The van der Waals surface area contributed by atoms with Crippen molar-refractivity contribution in [3.8, 4) is 11.5 Å². The van der Waals surface area contributed by atoms with Crippen LogP contribution in [0, 0.1) is 6.92 Å². The molecule has 0 spiro atoms. The highest BCUT2D eigenvalue weighted by Gasteiger charge is 2.03. The second-order valence-corrected chi connectivity index (χ2v) is 6.03. The summed E-state index contributed by atoms with van der Waals surface area (Å²) >= 11 is 0. The van der Waals surface area contributed by atoms with Gasteiger partial charge in [-0.3, -0.25) is 4.79 Å². The molecule has 3 rings (SSSR count). The van der Waals surface area contributed by atoms with Crippen molar-refractivity contribution in [3.05, 3.63) is 95.1 Å². The first-order valence-corrected chi connectivity index (χ1v) is 8.51.